The monoisotopic (exact) mass is 207 g/mol. The van der Waals surface area contributed by atoms with E-state index in [2.05, 4.69) is 6.07 Å². The third-order valence-corrected chi connectivity index (χ3v) is 2.20. The molecular weight excluding hydrogens is 186 g/mol. The summed E-state index contributed by atoms with van der Waals surface area (Å²) < 4.78 is 5.74. The number of ether oxygens (including phenoxy) is 1. The molecule has 0 aliphatic carbocycles. The zero-order valence-corrected chi connectivity index (χ0v) is 9.86. The molecule has 0 amide bonds. The van der Waals surface area contributed by atoms with E-state index in [0.717, 1.165) is 18.6 Å². The molecule has 2 N–H and O–H groups in total. The molecule has 0 saturated carbocycles. The van der Waals surface area contributed by atoms with Gasteiger partial charge in [-0.2, -0.15) is 0 Å². The average Bonchev–Trinajstić information content (AvgIpc) is 2.15. The summed E-state index contributed by atoms with van der Waals surface area (Å²) in [4.78, 5) is 0. The summed E-state index contributed by atoms with van der Waals surface area (Å²) in [5.41, 5.74) is 7.00. The first-order valence-corrected chi connectivity index (χ1v) is 5.59. The highest BCUT2D eigenvalue weighted by Crippen LogP contribution is 2.21. The Kier molecular flexibility index (Phi) is 4.63. The minimum atomic E-state index is 0.224. The van der Waals surface area contributed by atoms with Crippen LogP contribution in [-0.2, 0) is 6.42 Å². The molecule has 1 atom stereocenters. The van der Waals surface area contributed by atoms with Gasteiger partial charge in [-0.1, -0.05) is 18.2 Å². The molecule has 0 saturated heterocycles. The first kappa shape index (κ1) is 12.1. The van der Waals surface area contributed by atoms with Gasteiger partial charge in [-0.25, -0.2) is 0 Å². The summed E-state index contributed by atoms with van der Waals surface area (Å²) in [6.07, 6.45) is 2.21. The van der Waals surface area contributed by atoms with Crippen molar-refractivity contribution in [1.82, 2.24) is 0 Å². The van der Waals surface area contributed by atoms with E-state index in [1.807, 2.05) is 39.0 Å². The Bertz CT molecular complexity index is 294. The SMILES string of the molecule is CC(N)CCc1ccccc1OC(C)C. The van der Waals surface area contributed by atoms with E-state index in [0.29, 0.717) is 0 Å². The molecular formula is C13H21NO. The normalized spacial score (nSPS) is 12.9. The van der Waals surface area contributed by atoms with E-state index in [-0.39, 0.29) is 12.1 Å². The maximum Gasteiger partial charge on any atom is 0.122 e. The maximum atomic E-state index is 5.75. The van der Waals surface area contributed by atoms with E-state index in [1.165, 1.54) is 5.56 Å². The fraction of sp³-hybridized carbons (Fsp3) is 0.538. The van der Waals surface area contributed by atoms with Crippen LogP contribution in [0.4, 0.5) is 0 Å². The standard InChI is InChI=1S/C13H21NO/c1-10(2)15-13-7-5-4-6-12(13)9-8-11(3)14/h4-7,10-11H,8-9,14H2,1-3H3. The van der Waals surface area contributed by atoms with Crippen molar-refractivity contribution in [2.75, 3.05) is 0 Å². The molecule has 1 unspecified atom stereocenters. The van der Waals surface area contributed by atoms with Gasteiger partial charge in [0.1, 0.15) is 5.75 Å². The summed E-state index contributed by atoms with van der Waals surface area (Å²) >= 11 is 0. The van der Waals surface area contributed by atoms with Crippen molar-refractivity contribution in [2.24, 2.45) is 5.73 Å². The van der Waals surface area contributed by atoms with Gasteiger partial charge in [0.2, 0.25) is 0 Å². The molecule has 0 radical (unpaired) electrons. The Hall–Kier alpha value is -1.02. The van der Waals surface area contributed by atoms with Crippen molar-refractivity contribution in [2.45, 2.75) is 45.8 Å². The zero-order chi connectivity index (χ0) is 11.3. The van der Waals surface area contributed by atoms with E-state index in [4.69, 9.17) is 10.5 Å². The van der Waals surface area contributed by atoms with Gasteiger partial charge in [0.25, 0.3) is 0 Å². The van der Waals surface area contributed by atoms with Gasteiger partial charge in [0, 0.05) is 6.04 Å². The number of rotatable bonds is 5. The lowest BCUT2D eigenvalue weighted by Crippen LogP contribution is -2.16. The highest BCUT2D eigenvalue weighted by atomic mass is 16.5. The highest BCUT2D eigenvalue weighted by Gasteiger charge is 2.05. The average molecular weight is 207 g/mol. The van der Waals surface area contributed by atoms with Gasteiger partial charge < -0.3 is 10.5 Å². The van der Waals surface area contributed by atoms with Gasteiger partial charge in [-0.05, 0) is 45.2 Å². The van der Waals surface area contributed by atoms with Crippen molar-refractivity contribution >= 4 is 0 Å². The van der Waals surface area contributed by atoms with Gasteiger partial charge in [-0.3, -0.25) is 0 Å². The minimum Gasteiger partial charge on any atom is -0.491 e. The molecule has 0 fully saturated rings. The van der Waals surface area contributed by atoms with Gasteiger partial charge in [0.05, 0.1) is 6.10 Å². The predicted molar refractivity (Wildman–Crippen MR) is 64.2 cm³/mol. The van der Waals surface area contributed by atoms with Gasteiger partial charge in [0.15, 0.2) is 0 Å². The predicted octanol–water partition coefficient (Wildman–Crippen LogP) is 2.75. The smallest absolute Gasteiger partial charge is 0.122 e. The summed E-state index contributed by atoms with van der Waals surface area (Å²) in [5, 5.41) is 0. The van der Waals surface area contributed by atoms with Crippen LogP contribution < -0.4 is 10.5 Å². The third-order valence-electron chi connectivity index (χ3n) is 2.20. The summed E-state index contributed by atoms with van der Waals surface area (Å²) in [5.74, 6) is 0.994. The lowest BCUT2D eigenvalue weighted by molar-refractivity contribution is 0.239. The second-order valence-electron chi connectivity index (χ2n) is 4.29. The van der Waals surface area contributed by atoms with Crippen molar-refractivity contribution in [3.63, 3.8) is 0 Å². The molecule has 1 rings (SSSR count). The number of benzene rings is 1. The van der Waals surface area contributed by atoms with Crippen LogP contribution >= 0.6 is 0 Å². The van der Waals surface area contributed by atoms with Crippen LogP contribution in [0.15, 0.2) is 24.3 Å². The number of nitrogens with two attached hydrogens (primary N) is 1. The molecule has 84 valence electrons. The molecule has 2 nitrogen and oxygen atoms in total. The molecule has 0 aliphatic heterocycles. The van der Waals surface area contributed by atoms with E-state index < -0.39 is 0 Å². The number of hydrogen-bond acceptors (Lipinski definition) is 2. The molecule has 2 heteroatoms. The lowest BCUT2D eigenvalue weighted by Gasteiger charge is -2.14. The number of hydrogen-bond donors (Lipinski definition) is 1. The molecule has 1 aromatic carbocycles. The highest BCUT2D eigenvalue weighted by molar-refractivity contribution is 5.33. The summed E-state index contributed by atoms with van der Waals surface area (Å²) in [7, 11) is 0. The number of para-hydroxylation sites is 1. The quantitative estimate of drug-likeness (QED) is 0.805. The Labute approximate surface area is 92.4 Å². The number of aryl methyl sites for hydroxylation is 1. The largest absolute Gasteiger partial charge is 0.491 e. The van der Waals surface area contributed by atoms with Crippen molar-refractivity contribution in [1.29, 1.82) is 0 Å². The first-order valence-electron chi connectivity index (χ1n) is 5.59. The lowest BCUT2D eigenvalue weighted by atomic mass is 10.1. The second kappa shape index (κ2) is 5.76. The van der Waals surface area contributed by atoms with Crippen molar-refractivity contribution in [3.05, 3.63) is 29.8 Å². The third kappa shape index (κ3) is 4.34. The summed E-state index contributed by atoms with van der Waals surface area (Å²) in [6.45, 7) is 6.12. The van der Waals surface area contributed by atoms with Gasteiger partial charge in [-0.15, -0.1) is 0 Å². The second-order valence-corrected chi connectivity index (χ2v) is 4.29. The minimum absolute atomic E-state index is 0.224. The molecule has 1 aromatic rings. The Morgan fingerprint density at radius 2 is 1.87 bits per heavy atom. The van der Waals surface area contributed by atoms with E-state index in [9.17, 15) is 0 Å². The van der Waals surface area contributed by atoms with Crippen LogP contribution in [0.5, 0.6) is 5.75 Å². The van der Waals surface area contributed by atoms with Crippen LogP contribution in [0.2, 0.25) is 0 Å². The van der Waals surface area contributed by atoms with E-state index in [1.54, 1.807) is 0 Å². The van der Waals surface area contributed by atoms with Crippen LogP contribution in [0, 0.1) is 0 Å². The van der Waals surface area contributed by atoms with Crippen LogP contribution in [0.1, 0.15) is 32.8 Å². The molecule has 0 spiro atoms. The first-order chi connectivity index (χ1) is 7.09. The topological polar surface area (TPSA) is 35.2 Å². The van der Waals surface area contributed by atoms with Crippen LogP contribution in [0.3, 0.4) is 0 Å². The van der Waals surface area contributed by atoms with Gasteiger partial charge >= 0.3 is 0 Å². The Balaban J connectivity index is 2.68. The van der Waals surface area contributed by atoms with Crippen molar-refractivity contribution in [3.8, 4) is 5.75 Å². The molecule has 0 bridgehead atoms. The fourth-order valence-corrected chi connectivity index (χ4v) is 1.46. The van der Waals surface area contributed by atoms with Crippen molar-refractivity contribution < 1.29 is 4.74 Å². The van der Waals surface area contributed by atoms with Crippen LogP contribution in [0.25, 0.3) is 0 Å². The molecule has 0 aromatic heterocycles. The molecule has 15 heavy (non-hydrogen) atoms. The molecule has 0 aliphatic rings. The zero-order valence-electron chi connectivity index (χ0n) is 9.86. The molecule has 0 heterocycles. The Morgan fingerprint density at radius 1 is 1.20 bits per heavy atom. The van der Waals surface area contributed by atoms with E-state index >= 15 is 0 Å². The summed E-state index contributed by atoms with van der Waals surface area (Å²) in [6, 6.07) is 8.44. The Morgan fingerprint density at radius 3 is 2.47 bits per heavy atom. The maximum absolute atomic E-state index is 5.75. The fourth-order valence-electron chi connectivity index (χ4n) is 1.46. The van der Waals surface area contributed by atoms with Crippen LogP contribution in [-0.4, -0.2) is 12.1 Å².